The maximum atomic E-state index is 13.7. The van der Waals surface area contributed by atoms with E-state index >= 15 is 0 Å². The predicted octanol–water partition coefficient (Wildman–Crippen LogP) is 7.88. The molecule has 1 N–H and O–H groups in total. The van der Waals surface area contributed by atoms with Gasteiger partial charge in [-0.1, -0.05) is 59.4 Å². The first kappa shape index (κ1) is 25.4. The molecule has 1 aliphatic heterocycles. The number of allylic oxidation sites excluding steroid dienone is 3. The minimum absolute atomic E-state index is 0.00948. The minimum atomic E-state index is -0.564. The number of hydrogen-bond donors (Lipinski definition) is 1. The number of ketones is 1. The maximum Gasteiger partial charge on any atom is 0.337 e. The third-order valence-corrected chi connectivity index (χ3v) is 8.48. The number of carbonyl (C=O) groups excluding carboxylic acids is 2. The summed E-state index contributed by atoms with van der Waals surface area (Å²) in [6.07, 6.45) is 5.95. The Morgan fingerprint density at radius 1 is 0.917 bits per heavy atom. The Labute approximate surface area is 226 Å². The molecule has 3 aliphatic rings. The molecule has 0 radical (unpaired) electrons. The van der Waals surface area contributed by atoms with E-state index in [-0.39, 0.29) is 23.8 Å². The smallest absolute Gasteiger partial charge is 0.337 e. The number of dihydropyridines is 1. The summed E-state index contributed by atoms with van der Waals surface area (Å²) < 4.78 is 5.98. The van der Waals surface area contributed by atoms with Gasteiger partial charge in [0.15, 0.2) is 5.78 Å². The van der Waals surface area contributed by atoms with Crippen molar-refractivity contribution in [1.29, 1.82) is 0 Å². The largest absolute Gasteiger partial charge is 0.459 e. The van der Waals surface area contributed by atoms with Crippen LogP contribution in [-0.4, -0.2) is 17.9 Å². The van der Waals surface area contributed by atoms with E-state index in [0.29, 0.717) is 44.8 Å². The number of benzene rings is 2. The van der Waals surface area contributed by atoms with Crippen LogP contribution in [0.25, 0.3) is 0 Å². The second-order valence-corrected chi connectivity index (χ2v) is 11.2. The topological polar surface area (TPSA) is 55.4 Å². The molecule has 36 heavy (non-hydrogen) atoms. The number of esters is 1. The van der Waals surface area contributed by atoms with Crippen LogP contribution in [0, 0.1) is 0 Å². The zero-order valence-corrected chi connectivity index (χ0v) is 22.3. The van der Waals surface area contributed by atoms with E-state index in [1.165, 1.54) is 6.42 Å². The fraction of sp³-hybridized carbons (Fsp3) is 0.379. The highest BCUT2D eigenvalue weighted by Gasteiger charge is 2.42. The van der Waals surface area contributed by atoms with Gasteiger partial charge >= 0.3 is 5.97 Å². The Kier molecular flexibility index (Phi) is 7.48. The molecular formula is C29H28Cl3NO3. The van der Waals surface area contributed by atoms with Crippen LogP contribution in [0.5, 0.6) is 0 Å². The lowest BCUT2D eigenvalue weighted by Crippen LogP contribution is -2.37. The van der Waals surface area contributed by atoms with Crippen LogP contribution in [-0.2, 0) is 14.3 Å². The normalized spacial score (nSPS) is 22.8. The molecule has 2 aliphatic carbocycles. The number of halogens is 3. The summed E-state index contributed by atoms with van der Waals surface area (Å²) in [6, 6.07) is 13.0. The monoisotopic (exact) mass is 543 g/mol. The second-order valence-electron chi connectivity index (χ2n) is 9.91. The average Bonchev–Trinajstić information content (AvgIpc) is 2.85. The number of carbonyl (C=O) groups is 2. The molecule has 4 nitrogen and oxygen atoms in total. The SMILES string of the molecule is CC1=C(C(=O)OC2CCCCC2)[C@H](c2ccc(Cl)c(Cl)c2)C2=C(C[C@@H](c3ccc(Cl)cc3)CC2=O)N1. The van der Waals surface area contributed by atoms with Crippen molar-refractivity contribution in [3.63, 3.8) is 0 Å². The standard InChI is InChI=1S/C29H28Cl3NO3/c1-16-26(29(35)36-21-5-3-2-4-6-21)27(18-9-12-22(31)23(32)13-18)28-24(33-16)14-19(15-25(28)34)17-7-10-20(30)11-8-17/h7-13,19,21,27,33H,2-6,14-15H2,1H3/t19-,27+/m1/s1. The molecular weight excluding hydrogens is 517 g/mol. The van der Waals surface area contributed by atoms with Crippen molar-refractivity contribution in [1.82, 2.24) is 5.32 Å². The Balaban J connectivity index is 1.54. The molecule has 1 fully saturated rings. The van der Waals surface area contributed by atoms with Crippen molar-refractivity contribution in [3.8, 4) is 0 Å². The Morgan fingerprint density at radius 3 is 2.31 bits per heavy atom. The highest BCUT2D eigenvalue weighted by Crippen LogP contribution is 2.46. The van der Waals surface area contributed by atoms with Gasteiger partial charge in [0.2, 0.25) is 0 Å². The Hall–Kier alpha value is -2.27. The van der Waals surface area contributed by atoms with Crippen LogP contribution in [0.15, 0.2) is 65.0 Å². The fourth-order valence-corrected chi connectivity index (χ4v) is 6.14. The number of Topliss-reactive ketones (excluding diaryl/α,β-unsaturated/α-hetero) is 1. The van der Waals surface area contributed by atoms with Gasteiger partial charge in [-0.2, -0.15) is 0 Å². The molecule has 1 heterocycles. The van der Waals surface area contributed by atoms with Crippen LogP contribution in [0.1, 0.15) is 74.8 Å². The zero-order valence-electron chi connectivity index (χ0n) is 20.1. The minimum Gasteiger partial charge on any atom is -0.459 e. The first-order valence-corrected chi connectivity index (χ1v) is 13.6. The van der Waals surface area contributed by atoms with E-state index in [1.807, 2.05) is 37.3 Å². The summed E-state index contributed by atoms with van der Waals surface area (Å²) in [5.41, 5.74) is 4.45. The van der Waals surface area contributed by atoms with Gasteiger partial charge in [-0.3, -0.25) is 4.79 Å². The molecule has 188 valence electrons. The lowest BCUT2D eigenvalue weighted by molar-refractivity contribution is -0.146. The maximum absolute atomic E-state index is 13.7. The molecule has 0 amide bonds. The average molecular weight is 545 g/mol. The van der Waals surface area contributed by atoms with Gasteiger partial charge in [0.05, 0.1) is 15.6 Å². The second kappa shape index (κ2) is 10.6. The van der Waals surface area contributed by atoms with Crippen molar-refractivity contribution in [3.05, 3.63) is 91.2 Å². The highest BCUT2D eigenvalue weighted by molar-refractivity contribution is 6.42. The van der Waals surface area contributed by atoms with Crippen LogP contribution >= 0.6 is 34.8 Å². The van der Waals surface area contributed by atoms with E-state index in [0.717, 1.165) is 42.5 Å². The van der Waals surface area contributed by atoms with Crippen LogP contribution < -0.4 is 5.32 Å². The molecule has 0 spiro atoms. The lowest BCUT2D eigenvalue weighted by atomic mass is 9.71. The number of hydrogen-bond acceptors (Lipinski definition) is 4. The van der Waals surface area contributed by atoms with Gasteiger partial charge < -0.3 is 10.1 Å². The number of nitrogens with one attached hydrogen (secondary N) is 1. The third-order valence-electron chi connectivity index (χ3n) is 7.49. The molecule has 0 bridgehead atoms. The van der Waals surface area contributed by atoms with E-state index in [9.17, 15) is 9.59 Å². The van der Waals surface area contributed by atoms with Gasteiger partial charge in [-0.15, -0.1) is 0 Å². The van der Waals surface area contributed by atoms with Crippen molar-refractivity contribution >= 4 is 46.6 Å². The van der Waals surface area contributed by atoms with Crippen LogP contribution in [0.4, 0.5) is 0 Å². The molecule has 7 heteroatoms. The zero-order chi connectivity index (χ0) is 25.4. The molecule has 1 saturated carbocycles. The lowest BCUT2D eigenvalue weighted by Gasteiger charge is -2.37. The van der Waals surface area contributed by atoms with Gasteiger partial charge in [0.1, 0.15) is 6.10 Å². The Morgan fingerprint density at radius 2 is 1.61 bits per heavy atom. The number of rotatable bonds is 4. The fourth-order valence-electron chi connectivity index (χ4n) is 5.70. The van der Waals surface area contributed by atoms with Crippen molar-refractivity contribution in [2.45, 2.75) is 69.8 Å². The first-order chi connectivity index (χ1) is 17.3. The summed E-state index contributed by atoms with van der Waals surface area (Å²) in [4.78, 5) is 27.3. The summed E-state index contributed by atoms with van der Waals surface area (Å²) in [7, 11) is 0. The van der Waals surface area contributed by atoms with Crippen LogP contribution in [0.3, 0.4) is 0 Å². The van der Waals surface area contributed by atoms with Gasteiger partial charge in [0.25, 0.3) is 0 Å². The highest BCUT2D eigenvalue weighted by atomic mass is 35.5. The van der Waals surface area contributed by atoms with Gasteiger partial charge in [-0.25, -0.2) is 4.79 Å². The predicted molar refractivity (Wildman–Crippen MR) is 143 cm³/mol. The van der Waals surface area contributed by atoms with E-state index < -0.39 is 5.92 Å². The van der Waals surface area contributed by atoms with Gasteiger partial charge in [-0.05, 0) is 80.3 Å². The van der Waals surface area contributed by atoms with E-state index in [2.05, 4.69) is 5.32 Å². The first-order valence-electron chi connectivity index (χ1n) is 12.5. The quantitative estimate of drug-likeness (QED) is 0.398. The molecule has 5 rings (SSSR count). The van der Waals surface area contributed by atoms with Crippen molar-refractivity contribution in [2.75, 3.05) is 0 Å². The Bertz CT molecular complexity index is 1260. The van der Waals surface area contributed by atoms with E-state index in [1.54, 1.807) is 12.1 Å². The summed E-state index contributed by atoms with van der Waals surface area (Å²) in [5, 5.41) is 4.88. The third kappa shape index (κ3) is 5.09. The summed E-state index contributed by atoms with van der Waals surface area (Å²) in [6.45, 7) is 1.88. The molecule has 2 atom stereocenters. The molecule has 2 aromatic carbocycles. The molecule has 0 aromatic heterocycles. The van der Waals surface area contributed by atoms with Crippen molar-refractivity contribution < 1.29 is 14.3 Å². The van der Waals surface area contributed by atoms with Crippen molar-refractivity contribution in [2.24, 2.45) is 0 Å². The summed E-state index contributed by atoms with van der Waals surface area (Å²) in [5.74, 6) is -0.901. The van der Waals surface area contributed by atoms with Gasteiger partial charge in [0, 0.05) is 34.3 Å². The van der Waals surface area contributed by atoms with E-state index in [4.69, 9.17) is 39.5 Å². The number of ether oxygens (including phenoxy) is 1. The molecule has 2 aromatic rings. The molecule has 0 saturated heterocycles. The molecule has 0 unspecified atom stereocenters. The van der Waals surface area contributed by atoms with Crippen LogP contribution in [0.2, 0.25) is 15.1 Å². The summed E-state index contributed by atoms with van der Waals surface area (Å²) >= 11 is 18.7.